The van der Waals surface area contributed by atoms with Gasteiger partial charge in [0.1, 0.15) is 0 Å². The molecule has 1 aliphatic heterocycles. The summed E-state index contributed by atoms with van der Waals surface area (Å²) in [6.07, 6.45) is 0. The lowest BCUT2D eigenvalue weighted by atomic mass is 10.1. The molecule has 9 heteroatoms. The molecule has 1 fully saturated rings. The summed E-state index contributed by atoms with van der Waals surface area (Å²) in [6, 6.07) is 7.68. The second kappa shape index (κ2) is 8.50. The van der Waals surface area contributed by atoms with Gasteiger partial charge in [-0.2, -0.15) is 0 Å². The fourth-order valence-corrected chi connectivity index (χ4v) is 4.33. The lowest BCUT2D eigenvalue weighted by Gasteiger charge is -2.34. The number of hydrogen-bond donors (Lipinski definition) is 1. The molecule has 1 saturated heterocycles. The molecule has 138 valence electrons. The van der Waals surface area contributed by atoms with E-state index in [1.807, 2.05) is 36.1 Å². The first-order valence-electron chi connectivity index (χ1n) is 8.34. The Kier molecular flexibility index (Phi) is 6.10. The van der Waals surface area contributed by atoms with Gasteiger partial charge in [0.15, 0.2) is 4.34 Å². The average Bonchev–Trinajstić information content (AvgIpc) is 3.15. The van der Waals surface area contributed by atoms with Gasteiger partial charge < -0.3 is 15.1 Å². The average molecular weight is 392 g/mol. The second-order valence-corrected chi connectivity index (χ2v) is 8.14. The third-order valence-electron chi connectivity index (χ3n) is 4.14. The minimum Gasteiger partial charge on any atom is -0.358 e. The number of nitrogens with zero attached hydrogens (tertiary/aromatic N) is 4. The third-order valence-corrected chi connectivity index (χ3v) is 6.25. The van der Waals surface area contributed by atoms with Crippen LogP contribution in [-0.2, 0) is 4.79 Å². The quantitative estimate of drug-likeness (QED) is 0.781. The summed E-state index contributed by atoms with van der Waals surface area (Å²) in [7, 11) is 1.62. The molecule has 0 bridgehead atoms. The molecular formula is C17H21N5O2S2. The highest BCUT2D eigenvalue weighted by Gasteiger charge is 2.24. The smallest absolute Gasteiger partial charge is 0.253 e. The van der Waals surface area contributed by atoms with Crippen LogP contribution in [0.3, 0.4) is 0 Å². The van der Waals surface area contributed by atoms with Crippen molar-refractivity contribution in [3.63, 3.8) is 0 Å². The van der Waals surface area contributed by atoms with E-state index in [4.69, 9.17) is 0 Å². The Labute approximate surface area is 160 Å². The first kappa shape index (κ1) is 18.7. The van der Waals surface area contributed by atoms with E-state index in [9.17, 15) is 9.59 Å². The minimum absolute atomic E-state index is 0.0324. The van der Waals surface area contributed by atoms with Crippen LogP contribution in [0.1, 0.15) is 15.9 Å². The van der Waals surface area contributed by atoms with Gasteiger partial charge in [0.2, 0.25) is 11.0 Å². The molecule has 2 amide bonds. The fraction of sp³-hybridized carbons (Fsp3) is 0.412. The minimum atomic E-state index is -0.0324. The van der Waals surface area contributed by atoms with Crippen LogP contribution in [0.2, 0.25) is 0 Å². The van der Waals surface area contributed by atoms with Crippen molar-refractivity contribution < 1.29 is 9.59 Å². The Morgan fingerprint density at radius 1 is 1.15 bits per heavy atom. The summed E-state index contributed by atoms with van der Waals surface area (Å²) in [5.41, 5.74) is 1.88. The fourth-order valence-electron chi connectivity index (χ4n) is 2.57. The highest BCUT2D eigenvalue weighted by atomic mass is 32.2. The van der Waals surface area contributed by atoms with Crippen molar-refractivity contribution >= 4 is 40.0 Å². The number of thioether (sulfide) groups is 1. The summed E-state index contributed by atoms with van der Waals surface area (Å²) < 4.78 is 0.779. The Morgan fingerprint density at radius 2 is 1.85 bits per heavy atom. The van der Waals surface area contributed by atoms with Crippen molar-refractivity contribution in [2.75, 3.05) is 43.9 Å². The lowest BCUT2D eigenvalue weighted by Crippen LogP contribution is -2.48. The first-order chi connectivity index (χ1) is 12.6. The summed E-state index contributed by atoms with van der Waals surface area (Å²) in [5.74, 6) is 0.378. The van der Waals surface area contributed by atoms with E-state index in [0.717, 1.165) is 33.7 Å². The van der Waals surface area contributed by atoms with Crippen molar-refractivity contribution in [2.24, 2.45) is 0 Å². The van der Waals surface area contributed by atoms with E-state index in [-0.39, 0.29) is 11.8 Å². The number of benzene rings is 1. The molecule has 2 heterocycles. The van der Waals surface area contributed by atoms with Gasteiger partial charge in [0.25, 0.3) is 5.91 Å². The number of aryl methyl sites for hydroxylation is 1. The zero-order chi connectivity index (χ0) is 18.5. The van der Waals surface area contributed by atoms with E-state index in [0.29, 0.717) is 18.8 Å². The van der Waals surface area contributed by atoms with E-state index < -0.39 is 0 Å². The Morgan fingerprint density at radius 3 is 2.50 bits per heavy atom. The second-order valence-electron chi connectivity index (χ2n) is 5.96. The highest BCUT2D eigenvalue weighted by molar-refractivity contribution is 8.01. The van der Waals surface area contributed by atoms with Crippen molar-refractivity contribution in [1.29, 1.82) is 0 Å². The molecule has 0 atom stereocenters. The molecule has 3 rings (SSSR count). The molecule has 2 aromatic rings. The topological polar surface area (TPSA) is 78.4 Å². The van der Waals surface area contributed by atoms with Gasteiger partial charge in [-0.05, 0) is 19.1 Å². The number of carbonyl (C=O) groups excluding carboxylic acids is 2. The van der Waals surface area contributed by atoms with Crippen LogP contribution in [0.4, 0.5) is 5.13 Å². The normalized spacial score (nSPS) is 14.4. The number of hydrogen-bond acceptors (Lipinski definition) is 7. The van der Waals surface area contributed by atoms with Crippen molar-refractivity contribution in [1.82, 2.24) is 20.4 Å². The zero-order valence-electron chi connectivity index (χ0n) is 14.8. The van der Waals surface area contributed by atoms with E-state index in [1.54, 1.807) is 7.05 Å². The maximum absolute atomic E-state index is 12.6. The molecule has 0 saturated carbocycles. The Hall–Kier alpha value is -2.13. The number of nitrogens with one attached hydrogen (secondary N) is 1. The van der Waals surface area contributed by atoms with Crippen LogP contribution < -0.4 is 10.2 Å². The Balaban J connectivity index is 1.53. The van der Waals surface area contributed by atoms with Crippen LogP contribution in [0.25, 0.3) is 0 Å². The van der Waals surface area contributed by atoms with Gasteiger partial charge in [0.05, 0.1) is 5.75 Å². The first-order valence-corrected chi connectivity index (χ1v) is 10.1. The molecular weight excluding hydrogens is 370 g/mol. The highest BCUT2D eigenvalue weighted by Crippen LogP contribution is 2.28. The van der Waals surface area contributed by atoms with Gasteiger partial charge >= 0.3 is 0 Å². The molecule has 0 aliphatic carbocycles. The number of anilines is 1. The van der Waals surface area contributed by atoms with Crippen LogP contribution in [-0.4, -0.2) is 65.9 Å². The predicted molar refractivity (Wildman–Crippen MR) is 104 cm³/mol. The molecule has 1 N–H and O–H groups in total. The van der Waals surface area contributed by atoms with E-state index >= 15 is 0 Å². The molecule has 7 nitrogen and oxygen atoms in total. The molecule has 1 aromatic carbocycles. The van der Waals surface area contributed by atoms with Crippen LogP contribution in [0, 0.1) is 6.92 Å². The molecule has 0 spiro atoms. The standard InChI is InChI=1S/C17H21N5O2S2/c1-12-3-5-13(6-4-12)15(24)21-7-9-22(10-8-21)16-19-20-17(26-16)25-11-14(23)18-2/h3-6H,7-11H2,1-2H3,(H,18,23). The molecule has 0 radical (unpaired) electrons. The van der Waals surface area contributed by atoms with Gasteiger partial charge in [-0.15, -0.1) is 10.2 Å². The number of carbonyl (C=O) groups is 2. The monoisotopic (exact) mass is 391 g/mol. The third kappa shape index (κ3) is 4.53. The van der Waals surface area contributed by atoms with E-state index in [2.05, 4.69) is 20.4 Å². The zero-order valence-corrected chi connectivity index (χ0v) is 16.4. The van der Waals surface area contributed by atoms with Crippen LogP contribution in [0.5, 0.6) is 0 Å². The van der Waals surface area contributed by atoms with Gasteiger partial charge in [-0.1, -0.05) is 40.8 Å². The maximum atomic E-state index is 12.6. The lowest BCUT2D eigenvalue weighted by molar-refractivity contribution is -0.118. The van der Waals surface area contributed by atoms with Crippen molar-refractivity contribution in [3.8, 4) is 0 Å². The number of piperazine rings is 1. The molecule has 1 aliphatic rings. The number of amides is 2. The van der Waals surface area contributed by atoms with Crippen molar-refractivity contribution in [2.45, 2.75) is 11.3 Å². The van der Waals surface area contributed by atoms with Gasteiger partial charge in [0, 0.05) is 38.8 Å². The number of rotatable bonds is 5. The number of aromatic nitrogens is 2. The summed E-state index contributed by atoms with van der Waals surface area (Å²) >= 11 is 2.87. The SMILES string of the molecule is CNC(=O)CSc1nnc(N2CCN(C(=O)c3ccc(C)cc3)CC2)s1. The Bertz CT molecular complexity index is 770. The maximum Gasteiger partial charge on any atom is 0.253 e. The van der Waals surface area contributed by atoms with Crippen molar-refractivity contribution in [3.05, 3.63) is 35.4 Å². The van der Waals surface area contributed by atoms with Crippen LogP contribution in [0.15, 0.2) is 28.6 Å². The van der Waals surface area contributed by atoms with Gasteiger partial charge in [-0.3, -0.25) is 9.59 Å². The molecule has 1 aromatic heterocycles. The van der Waals surface area contributed by atoms with Gasteiger partial charge in [-0.25, -0.2) is 0 Å². The summed E-state index contributed by atoms with van der Waals surface area (Å²) in [6.45, 7) is 4.79. The largest absolute Gasteiger partial charge is 0.358 e. The van der Waals surface area contributed by atoms with Crippen LogP contribution >= 0.6 is 23.1 Å². The summed E-state index contributed by atoms with van der Waals surface area (Å²) in [5, 5.41) is 11.8. The van der Waals surface area contributed by atoms with E-state index in [1.165, 1.54) is 23.1 Å². The molecule has 0 unspecified atom stereocenters. The predicted octanol–water partition coefficient (Wildman–Crippen LogP) is 1.65. The summed E-state index contributed by atoms with van der Waals surface area (Å²) in [4.78, 5) is 27.9. The molecule has 26 heavy (non-hydrogen) atoms.